The minimum atomic E-state index is 0.165. The zero-order chi connectivity index (χ0) is 14.8. The standard InChI is InChI=1S/C15H20N2O2S2/c1-3-10-4-5-12-13(6-10)21-15(18)17(12)7-11-9-20-14(16-11)8-19-2/h9-10H,3-8H2,1-2H3/t10-/m0/s1. The number of hydrogen-bond donors (Lipinski definition) is 0. The van der Waals surface area contributed by atoms with E-state index in [-0.39, 0.29) is 4.87 Å². The predicted octanol–water partition coefficient (Wildman–Crippen LogP) is 3.08. The molecule has 0 bridgehead atoms. The van der Waals surface area contributed by atoms with Crippen LogP contribution in [0.3, 0.4) is 0 Å². The molecule has 0 aromatic carbocycles. The lowest BCUT2D eigenvalue weighted by atomic mass is 9.89. The number of aromatic nitrogens is 2. The number of nitrogens with zero attached hydrogens (tertiary/aromatic N) is 2. The van der Waals surface area contributed by atoms with Gasteiger partial charge in [0.25, 0.3) is 0 Å². The number of ether oxygens (including phenoxy) is 1. The highest BCUT2D eigenvalue weighted by Crippen LogP contribution is 2.29. The zero-order valence-corrected chi connectivity index (χ0v) is 14.1. The van der Waals surface area contributed by atoms with Gasteiger partial charge in [0.2, 0.25) is 0 Å². The second-order valence-corrected chi connectivity index (χ2v) is 7.50. The molecule has 0 N–H and O–H groups in total. The molecule has 0 spiro atoms. The molecule has 0 aliphatic heterocycles. The number of fused-ring (bicyclic) bond motifs is 1. The van der Waals surface area contributed by atoms with Crippen molar-refractivity contribution in [2.45, 2.75) is 45.8 Å². The summed E-state index contributed by atoms with van der Waals surface area (Å²) in [5.74, 6) is 0.747. The van der Waals surface area contributed by atoms with Crippen LogP contribution in [0, 0.1) is 5.92 Å². The molecule has 1 aliphatic carbocycles. The fourth-order valence-electron chi connectivity index (χ4n) is 2.90. The highest BCUT2D eigenvalue weighted by atomic mass is 32.1. The average Bonchev–Trinajstić information content (AvgIpc) is 3.04. The molecule has 3 rings (SSSR count). The van der Waals surface area contributed by atoms with Gasteiger partial charge >= 0.3 is 4.87 Å². The van der Waals surface area contributed by atoms with Gasteiger partial charge in [0.05, 0.1) is 18.8 Å². The van der Waals surface area contributed by atoms with Gasteiger partial charge in [-0.3, -0.25) is 9.36 Å². The molecule has 2 aromatic rings. The fraction of sp³-hybridized carbons (Fsp3) is 0.600. The quantitative estimate of drug-likeness (QED) is 0.849. The summed E-state index contributed by atoms with van der Waals surface area (Å²) in [6, 6.07) is 0. The first-order chi connectivity index (χ1) is 10.2. The molecule has 0 fully saturated rings. The number of hydrogen-bond acceptors (Lipinski definition) is 5. The molecule has 21 heavy (non-hydrogen) atoms. The number of thiazole rings is 2. The minimum absolute atomic E-state index is 0.165. The average molecular weight is 324 g/mol. The second kappa shape index (κ2) is 6.42. The Hall–Kier alpha value is -0.980. The molecule has 6 heteroatoms. The number of methoxy groups -OCH3 is 1. The van der Waals surface area contributed by atoms with Gasteiger partial charge in [-0.1, -0.05) is 24.7 Å². The summed E-state index contributed by atoms with van der Waals surface area (Å²) in [5, 5.41) is 3.00. The summed E-state index contributed by atoms with van der Waals surface area (Å²) in [5.41, 5.74) is 2.21. The van der Waals surface area contributed by atoms with Crippen molar-refractivity contribution in [1.82, 2.24) is 9.55 Å². The Kier molecular flexibility index (Phi) is 4.57. The Morgan fingerprint density at radius 1 is 1.52 bits per heavy atom. The van der Waals surface area contributed by atoms with Crippen LogP contribution in [0.15, 0.2) is 10.2 Å². The van der Waals surface area contributed by atoms with E-state index in [1.54, 1.807) is 18.4 Å². The summed E-state index contributed by atoms with van der Waals surface area (Å²) in [6.07, 6.45) is 4.51. The van der Waals surface area contributed by atoms with Crippen molar-refractivity contribution in [2.24, 2.45) is 5.92 Å². The van der Waals surface area contributed by atoms with Crippen LogP contribution in [-0.2, 0) is 30.7 Å². The Labute approximate surface area is 132 Å². The fourth-order valence-corrected chi connectivity index (χ4v) is 4.80. The van der Waals surface area contributed by atoms with Gasteiger partial charge in [-0.2, -0.15) is 0 Å². The van der Waals surface area contributed by atoms with Crippen molar-refractivity contribution in [3.63, 3.8) is 0 Å². The van der Waals surface area contributed by atoms with Crippen molar-refractivity contribution in [1.29, 1.82) is 0 Å². The lowest BCUT2D eigenvalue weighted by Crippen LogP contribution is -2.20. The van der Waals surface area contributed by atoms with Gasteiger partial charge in [0.1, 0.15) is 5.01 Å². The third kappa shape index (κ3) is 3.12. The van der Waals surface area contributed by atoms with Crippen LogP contribution < -0.4 is 4.87 Å². The lowest BCUT2D eigenvalue weighted by Gasteiger charge is -2.21. The van der Waals surface area contributed by atoms with Crippen molar-refractivity contribution >= 4 is 22.7 Å². The topological polar surface area (TPSA) is 44.1 Å². The minimum Gasteiger partial charge on any atom is -0.378 e. The molecule has 2 aromatic heterocycles. The molecule has 0 radical (unpaired) electrons. The molecular formula is C15H20N2O2S2. The van der Waals surface area contributed by atoms with E-state index in [2.05, 4.69) is 11.9 Å². The maximum absolute atomic E-state index is 12.3. The van der Waals surface area contributed by atoms with Crippen molar-refractivity contribution < 1.29 is 4.74 Å². The van der Waals surface area contributed by atoms with E-state index in [0.717, 1.165) is 29.5 Å². The third-order valence-electron chi connectivity index (χ3n) is 4.11. The van der Waals surface area contributed by atoms with Crippen LogP contribution in [0.25, 0.3) is 0 Å². The third-order valence-corrected chi connectivity index (χ3v) is 6.02. The van der Waals surface area contributed by atoms with Crippen LogP contribution in [0.5, 0.6) is 0 Å². The highest BCUT2D eigenvalue weighted by Gasteiger charge is 2.23. The van der Waals surface area contributed by atoms with Crippen LogP contribution in [0.4, 0.5) is 0 Å². The van der Waals surface area contributed by atoms with E-state index in [1.807, 2.05) is 9.95 Å². The van der Waals surface area contributed by atoms with Crippen LogP contribution >= 0.6 is 22.7 Å². The van der Waals surface area contributed by atoms with Gasteiger partial charge in [-0.05, 0) is 25.2 Å². The second-order valence-electron chi connectivity index (χ2n) is 5.51. The molecule has 0 unspecified atom stereocenters. The van der Waals surface area contributed by atoms with Gasteiger partial charge in [0, 0.05) is 23.1 Å². The molecule has 114 valence electrons. The van der Waals surface area contributed by atoms with E-state index >= 15 is 0 Å². The molecule has 1 atom stereocenters. The Bertz CT molecular complexity index is 672. The van der Waals surface area contributed by atoms with E-state index in [0.29, 0.717) is 13.2 Å². The Balaban J connectivity index is 1.82. The zero-order valence-electron chi connectivity index (χ0n) is 12.4. The molecule has 4 nitrogen and oxygen atoms in total. The summed E-state index contributed by atoms with van der Waals surface area (Å²) in [7, 11) is 1.67. The monoisotopic (exact) mass is 324 g/mol. The van der Waals surface area contributed by atoms with E-state index < -0.39 is 0 Å². The van der Waals surface area contributed by atoms with Crippen molar-refractivity contribution in [3.8, 4) is 0 Å². The normalized spacial score (nSPS) is 17.9. The molecule has 2 heterocycles. The summed E-state index contributed by atoms with van der Waals surface area (Å²) in [4.78, 5) is 18.3. The molecule has 1 aliphatic rings. The van der Waals surface area contributed by atoms with Crippen LogP contribution in [-0.4, -0.2) is 16.7 Å². The van der Waals surface area contributed by atoms with E-state index in [4.69, 9.17) is 4.74 Å². The first-order valence-corrected chi connectivity index (χ1v) is 9.04. The SMILES string of the molecule is CC[C@H]1CCc2c(sc(=O)n2Cc2csc(COC)n2)C1. The van der Waals surface area contributed by atoms with Crippen molar-refractivity contribution in [2.75, 3.05) is 7.11 Å². The Morgan fingerprint density at radius 2 is 2.38 bits per heavy atom. The van der Waals surface area contributed by atoms with Crippen LogP contribution in [0.2, 0.25) is 0 Å². The largest absolute Gasteiger partial charge is 0.378 e. The van der Waals surface area contributed by atoms with Gasteiger partial charge in [0.15, 0.2) is 0 Å². The van der Waals surface area contributed by atoms with Gasteiger partial charge in [-0.25, -0.2) is 4.98 Å². The van der Waals surface area contributed by atoms with E-state index in [1.165, 1.54) is 34.7 Å². The van der Waals surface area contributed by atoms with Crippen molar-refractivity contribution in [3.05, 3.63) is 36.3 Å². The Morgan fingerprint density at radius 3 is 3.14 bits per heavy atom. The van der Waals surface area contributed by atoms with Crippen LogP contribution in [0.1, 0.15) is 41.0 Å². The summed E-state index contributed by atoms with van der Waals surface area (Å²) in [6.45, 7) is 3.38. The smallest absolute Gasteiger partial charge is 0.307 e. The summed E-state index contributed by atoms with van der Waals surface area (Å²) >= 11 is 3.03. The first-order valence-electron chi connectivity index (χ1n) is 7.34. The first kappa shape index (κ1) is 14.9. The van der Waals surface area contributed by atoms with E-state index in [9.17, 15) is 4.79 Å². The summed E-state index contributed by atoms with van der Waals surface area (Å²) < 4.78 is 7.02. The molecular weight excluding hydrogens is 304 g/mol. The predicted molar refractivity (Wildman–Crippen MR) is 86.3 cm³/mol. The maximum Gasteiger partial charge on any atom is 0.307 e. The highest BCUT2D eigenvalue weighted by molar-refractivity contribution is 7.09. The van der Waals surface area contributed by atoms with Gasteiger partial charge in [-0.15, -0.1) is 11.3 Å². The van der Waals surface area contributed by atoms with Gasteiger partial charge < -0.3 is 4.74 Å². The maximum atomic E-state index is 12.3. The number of rotatable bonds is 5. The molecule has 0 saturated heterocycles. The lowest BCUT2D eigenvalue weighted by molar-refractivity contribution is 0.184. The molecule has 0 amide bonds. The molecule has 0 saturated carbocycles.